The lowest BCUT2D eigenvalue weighted by atomic mass is 9.94. The van der Waals surface area contributed by atoms with Crippen molar-refractivity contribution >= 4 is 11.6 Å². The zero-order chi connectivity index (χ0) is 15.2. The number of nitrogens with zero attached hydrogens (tertiary/aromatic N) is 3. The molecule has 1 saturated carbocycles. The smallest absolute Gasteiger partial charge is 0.148 e. The minimum absolute atomic E-state index is 0.132. The third kappa shape index (κ3) is 3.63. The number of aromatic nitrogens is 2. The number of nitrogens with one attached hydrogen (secondary N) is 1. The molecule has 118 valence electrons. The van der Waals surface area contributed by atoms with Crippen LogP contribution >= 0.6 is 0 Å². The maximum Gasteiger partial charge on any atom is 0.148 e. The van der Waals surface area contributed by atoms with E-state index in [0.717, 1.165) is 36.5 Å². The molecule has 4 N–H and O–H groups in total. The molecule has 6 heteroatoms. The minimum Gasteiger partial charge on any atom is -0.395 e. The van der Waals surface area contributed by atoms with E-state index >= 15 is 0 Å². The second-order valence-corrected chi connectivity index (χ2v) is 5.64. The maximum atomic E-state index is 9.45. The molecule has 0 radical (unpaired) electrons. The van der Waals surface area contributed by atoms with Gasteiger partial charge in [-0.3, -0.25) is 0 Å². The van der Waals surface area contributed by atoms with Crippen LogP contribution in [0.15, 0.2) is 0 Å². The molecule has 0 bridgehead atoms. The Morgan fingerprint density at radius 3 is 2.57 bits per heavy atom. The summed E-state index contributed by atoms with van der Waals surface area (Å²) in [5.41, 5.74) is 3.62. The lowest BCUT2D eigenvalue weighted by molar-refractivity contribution is 0.289. The lowest BCUT2D eigenvalue weighted by Gasteiger charge is -2.36. The first-order valence-corrected chi connectivity index (χ1v) is 7.92. The Morgan fingerprint density at radius 2 is 2.00 bits per heavy atom. The van der Waals surface area contributed by atoms with Crippen LogP contribution in [0.5, 0.6) is 0 Å². The number of rotatable bonds is 6. The van der Waals surface area contributed by atoms with Crippen molar-refractivity contribution in [3.8, 4) is 0 Å². The number of aryl methyl sites for hydroxylation is 1. The molecule has 1 aliphatic carbocycles. The fraction of sp³-hybridized carbons (Fsp3) is 0.733. The predicted molar refractivity (Wildman–Crippen MR) is 85.3 cm³/mol. The van der Waals surface area contributed by atoms with Gasteiger partial charge < -0.3 is 15.4 Å². The third-order valence-electron chi connectivity index (χ3n) is 4.25. The van der Waals surface area contributed by atoms with E-state index in [2.05, 4.69) is 15.3 Å². The fourth-order valence-electron chi connectivity index (χ4n) is 3.09. The van der Waals surface area contributed by atoms with Crippen LogP contribution in [0.25, 0.3) is 0 Å². The van der Waals surface area contributed by atoms with Crippen molar-refractivity contribution in [2.24, 2.45) is 5.84 Å². The van der Waals surface area contributed by atoms with Crippen LogP contribution in [0.2, 0.25) is 0 Å². The van der Waals surface area contributed by atoms with Crippen molar-refractivity contribution in [2.75, 3.05) is 23.5 Å². The van der Waals surface area contributed by atoms with Gasteiger partial charge in [0.25, 0.3) is 0 Å². The molecule has 0 unspecified atom stereocenters. The third-order valence-corrected chi connectivity index (χ3v) is 4.25. The van der Waals surface area contributed by atoms with Gasteiger partial charge in [0.05, 0.1) is 6.61 Å². The van der Waals surface area contributed by atoms with Crippen molar-refractivity contribution in [3.63, 3.8) is 0 Å². The highest BCUT2D eigenvalue weighted by atomic mass is 16.3. The number of hydrogen-bond donors (Lipinski definition) is 3. The van der Waals surface area contributed by atoms with Crippen LogP contribution < -0.4 is 16.2 Å². The Morgan fingerprint density at radius 1 is 1.29 bits per heavy atom. The quantitative estimate of drug-likeness (QED) is 0.547. The van der Waals surface area contributed by atoms with Gasteiger partial charge in [-0.15, -0.1) is 0 Å². The molecule has 1 heterocycles. The molecule has 0 aliphatic heterocycles. The summed E-state index contributed by atoms with van der Waals surface area (Å²) in [7, 11) is 0. The van der Waals surface area contributed by atoms with Gasteiger partial charge in [0.2, 0.25) is 0 Å². The fourth-order valence-corrected chi connectivity index (χ4v) is 3.09. The van der Waals surface area contributed by atoms with Gasteiger partial charge in [-0.2, -0.15) is 0 Å². The number of nitrogens with two attached hydrogens (primary N) is 1. The zero-order valence-corrected chi connectivity index (χ0v) is 13.1. The van der Waals surface area contributed by atoms with Gasteiger partial charge in [-0.25, -0.2) is 15.8 Å². The highest BCUT2D eigenvalue weighted by Crippen LogP contribution is 2.30. The summed E-state index contributed by atoms with van der Waals surface area (Å²) >= 11 is 0. The Hall–Kier alpha value is -1.40. The second-order valence-electron chi connectivity index (χ2n) is 5.64. The molecule has 0 spiro atoms. The van der Waals surface area contributed by atoms with E-state index in [1.807, 2.05) is 13.8 Å². The topological polar surface area (TPSA) is 87.3 Å². The number of aliphatic hydroxyl groups excluding tert-OH is 1. The number of aliphatic hydroxyl groups is 1. The van der Waals surface area contributed by atoms with E-state index < -0.39 is 0 Å². The van der Waals surface area contributed by atoms with E-state index in [1.54, 1.807) is 0 Å². The molecule has 1 aromatic rings. The molecule has 0 amide bonds. The molecule has 0 atom stereocenters. The minimum atomic E-state index is 0.132. The summed E-state index contributed by atoms with van der Waals surface area (Å²) < 4.78 is 0. The molecular weight excluding hydrogens is 266 g/mol. The number of nitrogen functional groups attached to an aromatic ring is 1. The van der Waals surface area contributed by atoms with Gasteiger partial charge >= 0.3 is 0 Å². The molecule has 1 aliphatic rings. The number of anilines is 2. The monoisotopic (exact) mass is 293 g/mol. The van der Waals surface area contributed by atoms with Crippen LogP contribution in [0.1, 0.15) is 50.4 Å². The number of hydrogen-bond acceptors (Lipinski definition) is 6. The van der Waals surface area contributed by atoms with E-state index in [9.17, 15) is 5.11 Å². The van der Waals surface area contributed by atoms with Crippen molar-refractivity contribution in [1.82, 2.24) is 9.97 Å². The molecular formula is C15H27N5O. The van der Waals surface area contributed by atoms with E-state index in [4.69, 9.17) is 10.8 Å². The summed E-state index contributed by atoms with van der Waals surface area (Å²) in [5.74, 6) is 7.96. The molecule has 0 saturated heterocycles. The SMILES string of the molecule is CCc1nc(NN)c(C)c(N(CCO)C2CCCCC2)n1. The van der Waals surface area contributed by atoms with Crippen LogP contribution in [0.3, 0.4) is 0 Å². The van der Waals surface area contributed by atoms with E-state index in [-0.39, 0.29) is 6.61 Å². The Labute approximate surface area is 126 Å². The van der Waals surface area contributed by atoms with Crippen molar-refractivity contribution in [2.45, 2.75) is 58.4 Å². The van der Waals surface area contributed by atoms with Crippen molar-refractivity contribution < 1.29 is 5.11 Å². The first-order valence-electron chi connectivity index (χ1n) is 7.92. The van der Waals surface area contributed by atoms with Gasteiger partial charge in [0.15, 0.2) is 0 Å². The van der Waals surface area contributed by atoms with Gasteiger partial charge in [0.1, 0.15) is 17.5 Å². The van der Waals surface area contributed by atoms with Gasteiger partial charge in [0, 0.05) is 24.6 Å². The summed E-state index contributed by atoms with van der Waals surface area (Å²) in [5, 5.41) is 9.45. The van der Waals surface area contributed by atoms with E-state index in [1.165, 1.54) is 19.3 Å². The first kappa shape index (κ1) is 16.0. The standard InChI is InChI=1S/C15H27N5O/c1-3-13-17-14(19-16)11(2)15(18-13)20(9-10-21)12-7-5-4-6-8-12/h12,21H,3-10,16H2,1-2H3,(H,17,18,19). The molecule has 2 rings (SSSR count). The van der Waals surface area contributed by atoms with Crippen molar-refractivity contribution in [1.29, 1.82) is 0 Å². The van der Waals surface area contributed by atoms with Crippen LogP contribution in [0.4, 0.5) is 11.6 Å². The van der Waals surface area contributed by atoms with Crippen LogP contribution in [0, 0.1) is 6.92 Å². The van der Waals surface area contributed by atoms with Gasteiger partial charge in [-0.05, 0) is 19.8 Å². The Balaban J connectivity index is 2.38. The largest absolute Gasteiger partial charge is 0.395 e. The molecule has 21 heavy (non-hydrogen) atoms. The Bertz CT molecular complexity index is 460. The highest BCUT2D eigenvalue weighted by molar-refractivity contribution is 5.58. The lowest BCUT2D eigenvalue weighted by Crippen LogP contribution is -2.40. The average molecular weight is 293 g/mol. The Kier molecular flexibility index (Phi) is 5.76. The first-order chi connectivity index (χ1) is 10.2. The summed E-state index contributed by atoms with van der Waals surface area (Å²) in [4.78, 5) is 11.4. The van der Waals surface area contributed by atoms with E-state index in [0.29, 0.717) is 18.4 Å². The molecule has 1 aromatic heterocycles. The number of hydrazine groups is 1. The van der Waals surface area contributed by atoms with Gasteiger partial charge in [-0.1, -0.05) is 26.2 Å². The molecule has 0 aromatic carbocycles. The average Bonchev–Trinajstić information content (AvgIpc) is 2.54. The van der Waals surface area contributed by atoms with Crippen LogP contribution in [-0.4, -0.2) is 34.3 Å². The maximum absolute atomic E-state index is 9.45. The second kappa shape index (κ2) is 7.56. The molecule has 6 nitrogen and oxygen atoms in total. The van der Waals surface area contributed by atoms with Crippen molar-refractivity contribution in [3.05, 3.63) is 11.4 Å². The highest BCUT2D eigenvalue weighted by Gasteiger charge is 2.24. The molecule has 1 fully saturated rings. The predicted octanol–water partition coefficient (Wildman–Crippen LogP) is 1.76. The zero-order valence-electron chi connectivity index (χ0n) is 13.1. The summed E-state index contributed by atoms with van der Waals surface area (Å²) in [6.45, 7) is 4.76. The summed E-state index contributed by atoms with van der Waals surface area (Å²) in [6, 6.07) is 0.454. The van der Waals surface area contributed by atoms with Crippen LogP contribution in [-0.2, 0) is 6.42 Å². The normalized spacial score (nSPS) is 16.0. The summed E-state index contributed by atoms with van der Waals surface area (Å²) in [6.07, 6.45) is 6.90.